The molecule has 2 aromatic rings. The van der Waals surface area contributed by atoms with Crippen LogP contribution < -0.4 is 5.48 Å². The summed E-state index contributed by atoms with van der Waals surface area (Å²) in [5.74, 6) is -0.736. The van der Waals surface area contributed by atoms with E-state index < -0.39 is 21.2 Å². The predicted molar refractivity (Wildman–Crippen MR) is 116 cm³/mol. The Morgan fingerprint density at radius 3 is 2.37 bits per heavy atom. The Labute approximate surface area is 185 Å². The van der Waals surface area contributed by atoms with Crippen LogP contribution in [0.15, 0.2) is 59.1 Å². The third-order valence-corrected chi connectivity index (χ3v) is 7.96. The Morgan fingerprint density at radius 1 is 1.13 bits per heavy atom. The van der Waals surface area contributed by atoms with Crippen LogP contribution >= 0.6 is 15.9 Å². The molecule has 1 aliphatic heterocycles. The van der Waals surface area contributed by atoms with Crippen LogP contribution in [0, 0.1) is 0 Å². The average molecular weight is 497 g/mol. The highest BCUT2D eigenvalue weighted by Crippen LogP contribution is 2.31. The molecule has 0 saturated carbocycles. The first-order valence-electron chi connectivity index (χ1n) is 9.73. The van der Waals surface area contributed by atoms with Crippen molar-refractivity contribution < 1.29 is 23.2 Å². The van der Waals surface area contributed by atoms with Crippen LogP contribution in [0.25, 0.3) is 0 Å². The van der Waals surface area contributed by atoms with E-state index in [2.05, 4.69) is 15.9 Å². The van der Waals surface area contributed by atoms with E-state index in [1.165, 1.54) is 9.79 Å². The molecule has 0 aliphatic carbocycles. The molecule has 1 fully saturated rings. The lowest BCUT2D eigenvalue weighted by Crippen LogP contribution is -2.43. The Balaban J connectivity index is 1.63. The van der Waals surface area contributed by atoms with Crippen molar-refractivity contribution in [3.05, 3.63) is 70.2 Å². The zero-order valence-electron chi connectivity index (χ0n) is 16.4. The number of nitrogens with zero attached hydrogens (tertiary/aromatic N) is 1. The Morgan fingerprint density at radius 2 is 1.77 bits per heavy atom. The Bertz CT molecular complexity index is 930. The monoisotopic (exact) mass is 496 g/mol. The molecule has 30 heavy (non-hydrogen) atoms. The number of amides is 1. The number of nitrogens with one attached hydrogen (secondary N) is 1. The van der Waals surface area contributed by atoms with Crippen LogP contribution in [0.5, 0.6) is 0 Å². The fraction of sp³-hybridized carbons (Fsp3) is 0.381. The number of carbonyl (C=O) groups is 1. The molecule has 0 unspecified atom stereocenters. The van der Waals surface area contributed by atoms with Crippen LogP contribution in [0.4, 0.5) is 0 Å². The highest BCUT2D eigenvalue weighted by atomic mass is 79.9. The number of sulfonamides is 1. The van der Waals surface area contributed by atoms with E-state index in [-0.39, 0.29) is 12.5 Å². The number of hydroxylamine groups is 1. The molecular formula is C21H25BrN2O5S. The summed E-state index contributed by atoms with van der Waals surface area (Å²) in [6.07, 6.45) is 0.812. The van der Waals surface area contributed by atoms with Crippen molar-refractivity contribution in [1.82, 2.24) is 9.79 Å². The second kappa shape index (κ2) is 10.5. The zero-order valence-corrected chi connectivity index (χ0v) is 18.8. The molecule has 162 valence electrons. The van der Waals surface area contributed by atoms with Gasteiger partial charge in [-0.3, -0.25) is 10.0 Å². The lowest BCUT2D eigenvalue weighted by Gasteiger charge is -2.33. The fourth-order valence-electron chi connectivity index (χ4n) is 3.50. The number of ether oxygens (including phenoxy) is 1. The number of carbonyl (C=O) groups excluding carboxylic acids is 1. The van der Waals surface area contributed by atoms with Gasteiger partial charge >= 0.3 is 0 Å². The number of piperidine rings is 1. The minimum atomic E-state index is -3.78. The van der Waals surface area contributed by atoms with Gasteiger partial charge in [0.15, 0.2) is 0 Å². The van der Waals surface area contributed by atoms with Crippen molar-refractivity contribution in [2.75, 3.05) is 13.1 Å². The first-order valence-corrected chi connectivity index (χ1v) is 12.0. The van der Waals surface area contributed by atoms with E-state index in [1.807, 2.05) is 24.3 Å². The number of hydrogen-bond acceptors (Lipinski definition) is 5. The molecule has 0 bridgehead atoms. The summed E-state index contributed by atoms with van der Waals surface area (Å²) in [6, 6.07) is 16.5. The van der Waals surface area contributed by atoms with Crippen molar-refractivity contribution in [1.29, 1.82) is 0 Å². The lowest BCUT2D eigenvalue weighted by molar-refractivity contribution is -0.129. The second-order valence-corrected chi connectivity index (χ2v) is 10.3. The van der Waals surface area contributed by atoms with E-state index in [0.717, 1.165) is 10.0 Å². The molecule has 0 aromatic heterocycles. The van der Waals surface area contributed by atoms with Gasteiger partial charge < -0.3 is 4.74 Å². The first-order chi connectivity index (χ1) is 14.4. The van der Waals surface area contributed by atoms with Crippen LogP contribution in [-0.4, -0.2) is 43.0 Å². The third kappa shape index (κ3) is 5.89. The molecule has 9 heteroatoms. The Hall–Kier alpha value is -1.78. The normalized spacial score (nSPS) is 16.9. The largest absolute Gasteiger partial charge is 0.373 e. The zero-order chi connectivity index (χ0) is 21.6. The van der Waals surface area contributed by atoms with Crippen LogP contribution in [0.3, 0.4) is 0 Å². The van der Waals surface area contributed by atoms with Crippen LogP contribution in [0.2, 0.25) is 0 Å². The van der Waals surface area contributed by atoms with Gasteiger partial charge in [-0.25, -0.2) is 18.2 Å². The van der Waals surface area contributed by atoms with Gasteiger partial charge in [-0.05, 0) is 36.1 Å². The summed E-state index contributed by atoms with van der Waals surface area (Å²) in [5, 5.41) is 7.83. The maximum Gasteiger partial charge on any atom is 0.245 e. The molecule has 2 aromatic carbocycles. The van der Waals surface area contributed by atoms with Gasteiger partial charge in [0.25, 0.3) is 0 Å². The summed E-state index contributed by atoms with van der Waals surface area (Å²) in [7, 11) is -3.78. The minimum absolute atomic E-state index is 0.0176. The molecule has 3 rings (SSSR count). The third-order valence-electron chi connectivity index (χ3n) is 5.19. The standard InChI is InChI=1S/C21H25BrN2O5S/c22-18-8-6-16(7-9-18)15-29-19-10-12-24(13-11-19)30(27,28)20(14-21(25)23-26)17-4-2-1-3-5-17/h1-9,19-20,26H,10-15H2,(H,23,25)/t20-/m1/s1. The second-order valence-electron chi connectivity index (χ2n) is 7.22. The summed E-state index contributed by atoms with van der Waals surface area (Å²) < 4.78 is 34.9. The molecular weight excluding hydrogens is 472 g/mol. The van der Waals surface area contributed by atoms with E-state index in [4.69, 9.17) is 9.94 Å². The molecule has 1 heterocycles. The van der Waals surface area contributed by atoms with Crippen LogP contribution in [-0.2, 0) is 26.2 Å². The average Bonchev–Trinajstić information content (AvgIpc) is 2.77. The molecule has 0 spiro atoms. The van der Waals surface area contributed by atoms with Gasteiger partial charge in [0.05, 0.1) is 19.1 Å². The molecule has 0 radical (unpaired) electrons. The van der Waals surface area contributed by atoms with Crippen molar-refractivity contribution in [3.8, 4) is 0 Å². The van der Waals surface area contributed by atoms with E-state index >= 15 is 0 Å². The summed E-state index contributed by atoms with van der Waals surface area (Å²) >= 11 is 3.40. The smallest absolute Gasteiger partial charge is 0.245 e. The van der Waals surface area contributed by atoms with Gasteiger partial charge in [0.2, 0.25) is 15.9 Å². The van der Waals surface area contributed by atoms with E-state index in [9.17, 15) is 13.2 Å². The van der Waals surface area contributed by atoms with Gasteiger partial charge in [-0.1, -0.05) is 58.4 Å². The van der Waals surface area contributed by atoms with E-state index in [0.29, 0.717) is 38.1 Å². The molecule has 1 aliphatic rings. The maximum atomic E-state index is 13.3. The molecule has 1 amide bonds. The van der Waals surface area contributed by atoms with Crippen molar-refractivity contribution in [2.45, 2.75) is 37.2 Å². The summed E-state index contributed by atoms with van der Waals surface area (Å²) in [5.41, 5.74) is 3.12. The molecule has 7 nitrogen and oxygen atoms in total. The minimum Gasteiger partial charge on any atom is -0.373 e. The van der Waals surface area contributed by atoms with Crippen LogP contribution in [0.1, 0.15) is 35.6 Å². The van der Waals surface area contributed by atoms with Gasteiger partial charge in [-0.15, -0.1) is 0 Å². The van der Waals surface area contributed by atoms with E-state index in [1.54, 1.807) is 30.3 Å². The van der Waals surface area contributed by atoms with Gasteiger partial charge in [-0.2, -0.15) is 0 Å². The van der Waals surface area contributed by atoms with Crippen molar-refractivity contribution in [2.24, 2.45) is 0 Å². The quantitative estimate of drug-likeness (QED) is 0.431. The van der Waals surface area contributed by atoms with Crippen molar-refractivity contribution >= 4 is 31.9 Å². The lowest BCUT2D eigenvalue weighted by atomic mass is 10.1. The SMILES string of the molecule is O=C(C[C@H](c1ccccc1)S(=O)(=O)N1CCC(OCc2ccc(Br)cc2)CC1)NO. The number of halogens is 1. The molecule has 1 atom stereocenters. The number of rotatable bonds is 8. The predicted octanol–water partition coefficient (Wildman–Crippen LogP) is 3.40. The van der Waals surface area contributed by atoms with Crippen molar-refractivity contribution in [3.63, 3.8) is 0 Å². The first kappa shape index (κ1) is 22.9. The number of hydrogen-bond donors (Lipinski definition) is 2. The summed E-state index contributed by atoms with van der Waals surface area (Å²) in [6.45, 7) is 1.14. The fourth-order valence-corrected chi connectivity index (χ4v) is 5.71. The Kier molecular flexibility index (Phi) is 8.01. The maximum absolute atomic E-state index is 13.3. The summed E-state index contributed by atoms with van der Waals surface area (Å²) in [4.78, 5) is 11.8. The molecule has 2 N–H and O–H groups in total. The van der Waals surface area contributed by atoms with Gasteiger partial charge in [0, 0.05) is 17.6 Å². The topological polar surface area (TPSA) is 95.9 Å². The highest BCUT2D eigenvalue weighted by Gasteiger charge is 2.37. The van der Waals surface area contributed by atoms with Gasteiger partial charge in [0.1, 0.15) is 5.25 Å². The number of benzene rings is 2. The highest BCUT2D eigenvalue weighted by molar-refractivity contribution is 9.10. The molecule has 1 saturated heterocycles.